The highest BCUT2D eigenvalue weighted by molar-refractivity contribution is 6.02. The summed E-state index contributed by atoms with van der Waals surface area (Å²) in [5.41, 5.74) is -0.374. The van der Waals surface area contributed by atoms with Gasteiger partial charge in [0.25, 0.3) is 5.91 Å². The molecule has 1 aliphatic heterocycles. The summed E-state index contributed by atoms with van der Waals surface area (Å²) >= 11 is 0. The Hall–Kier alpha value is -1.52. The van der Waals surface area contributed by atoms with Gasteiger partial charge in [0.15, 0.2) is 0 Å². The average Bonchev–Trinajstić information content (AvgIpc) is 2.37. The largest absolute Gasteiger partial charge is 0.515 e. The van der Waals surface area contributed by atoms with Crippen molar-refractivity contribution in [3.63, 3.8) is 0 Å². The van der Waals surface area contributed by atoms with Crippen molar-refractivity contribution in [1.82, 2.24) is 4.90 Å². The van der Waals surface area contributed by atoms with E-state index in [-0.39, 0.29) is 5.57 Å². The van der Waals surface area contributed by atoms with Gasteiger partial charge >= 0.3 is 6.09 Å². The molecule has 5 nitrogen and oxygen atoms in total. The lowest BCUT2D eigenvalue weighted by Crippen LogP contribution is -2.41. The van der Waals surface area contributed by atoms with Gasteiger partial charge in [0.05, 0.1) is 11.8 Å². The highest BCUT2D eigenvalue weighted by Crippen LogP contribution is 2.19. The molecule has 1 fully saturated rings. The zero-order valence-corrected chi connectivity index (χ0v) is 10.5. The number of carbonyl (C=O) groups excluding carboxylic acids is 2. The van der Waals surface area contributed by atoms with Crippen LogP contribution in [0, 0.1) is 0 Å². The Labute approximate surface area is 101 Å². The monoisotopic (exact) mass is 241 g/mol. The van der Waals surface area contributed by atoms with Crippen LogP contribution in [0.4, 0.5) is 4.79 Å². The quantitative estimate of drug-likeness (QED) is 0.522. The number of likely N-dealkylation sites (tertiary alicyclic amines) is 1. The van der Waals surface area contributed by atoms with Gasteiger partial charge < -0.3 is 9.84 Å². The number of imide groups is 1. The minimum atomic E-state index is -0.649. The van der Waals surface area contributed by atoms with Crippen LogP contribution in [0.25, 0.3) is 0 Å². The molecule has 0 aromatic rings. The SMILES string of the molecule is CC(C)(C)OC(=O)N1CCCC/C(=C\O)C1=O. The smallest absolute Gasteiger partial charge is 0.417 e. The summed E-state index contributed by atoms with van der Waals surface area (Å²) in [6.07, 6.45) is 2.13. The fourth-order valence-electron chi connectivity index (χ4n) is 1.58. The van der Waals surface area contributed by atoms with Gasteiger partial charge in [0.1, 0.15) is 5.60 Å². The molecule has 17 heavy (non-hydrogen) atoms. The third-order valence-electron chi connectivity index (χ3n) is 2.37. The molecular formula is C12H19NO4. The topological polar surface area (TPSA) is 66.8 Å². The molecule has 2 amide bonds. The molecule has 1 heterocycles. The summed E-state index contributed by atoms with van der Waals surface area (Å²) < 4.78 is 5.15. The first-order chi connectivity index (χ1) is 7.85. The van der Waals surface area contributed by atoms with Gasteiger partial charge in [0, 0.05) is 6.54 Å². The lowest BCUT2D eigenvalue weighted by molar-refractivity contribution is -0.126. The molecule has 0 unspecified atom stereocenters. The van der Waals surface area contributed by atoms with E-state index in [1.807, 2.05) is 0 Å². The fraction of sp³-hybridized carbons (Fsp3) is 0.667. The van der Waals surface area contributed by atoms with E-state index in [1.165, 1.54) is 0 Å². The maximum atomic E-state index is 11.9. The van der Waals surface area contributed by atoms with Crippen LogP contribution in [-0.4, -0.2) is 34.2 Å². The minimum Gasteiger partial charge on any atom is -0.515 e. The first-order valence-corrected chi connectivity index (χ1v) is 5.73. The first-order valence-electron chi connectivity index (χ1n) is 5.73. The molecule has 0 saturated carbocycles. The molecule has 1 N–H and O–H groups in total. The average molecular weight is 241 g/mol. The number of aliphatic hydroxyl groups excluding tert-OH is 1. The van der Waals surface area contributed by atoms with Crippen molar-refractivity contribution >= 4 is 12.0 Å². The van der Waals surface area contributed by atoms with Crippen molar-refractivity contribution in [2.45, 2.75) is 45.6 Å². The Kier molecular flexibility index (Phi) is 4.15. The van der Waals surface area contributed by atoms with E-state index < -0.39 is 17.6 Å². The minimum absolute atomic E-state index is 0.258. The number of rotatable bonds is 0. The van der Waals surface area contributed by atoms with Crippen LogP contribution >= 0.6 is 0 Å². The van der Waals surface area contributed by atoms with E-state index in [4.69, 9.17) is 9.84 Å². The molecule has 0 aromatic carbocycles. The third-order valence-corrected chi connectivity index (χ3v) is 2.37. The van der Waals surface area contributed by atoms with E-state index in [1.54, 1.807) is 20.8 Å². The third kappa shape index (κ3) is 3.76. The van der Waals surface area contributed by atoms with Crippen LogP contribution in [0.3, 0.4) is 0 Å². The second-order valence-corrected chi connectivity index (χ2v) is 5.05. The molecule has 0 aromatic heterocycles. The predicted molar refractivity (Wildman–Crippen MR) is 62.5 cm³/mol. The van der Waals surface area contributed by atoms with Gasteiger partial charge in [-0.1, -0.05) is 0 Å². The van der Waals surface area contributed by atoms with Crippen molar-refractivity contribution in [1.29, 1.82) is 0 Å². The summed E-state index contributed by atoms with van der Waals surface area (Å²) in [6.45, 7) is 5.58. The lowest BCUT2D eigenvalue weighted by atomic mass is 10.1. The molecular weight excluding hydrogens is 222 g/mol. The summed E-state index contributed by atoms with van der Waals surface area (Å²) in [4.78, 5) is 24.8. The van der Waals surface area contributed by atoms with Crippen LogP contribution < -0.4 is 0 Å². The van der Waals surface area contributed by atoms with Gasteiger partial charge in [-0.2, -0.15) is 0 Å². The molecule has 0 bridgehead atoms. The Morgan fingerprint density at radius 2 is 2.06 bits per heavy atom. The van der Waals surface area contributed by atoms with E-state index >= 15 is 0 Å². The highest BCUT2D eigenvalue weighted by atomic mass is 16.6. The number of hydrogen-bond acceptors (Lipinski definition) is 4. The van der Waals surface area contributed by atoms with Gasteiger partial charge in [-0.3, -0.25) is 4.79 Å². The molecule has 5 heteroatoms. The number of aliphatic hydroxyl groups is 1. The first kappa shape index (κ1) is 13.5. The van der Waals surface area contributed by atoms with E-state index in [0.29, 0.717) is 13.0 Å². The molecule has 0 aliphatic carbocycles. The second-order valence-electron chi connectivity index (χ2n) is 5.05. The predicted octanol–water partition coefficient (Wildman–Crippen LogP) is 2.38. The standard InChI is InChI=1S/C12H19NO4/c1-12(2,3)17-11(16)13-7-5-4-6-9(8-14)10(13)15/h8,14H,4-7H2,1-3H3/b9-8+. The summed E-state index contributed by atoms with van der Waals surface area (Å²) in [6, 6.07) is 0. The number of nitrogens with zero attached hydrogens (tertiary/aromatic N) is 1. The Morgan fingerprint density at radius 3 is 2.59 bits per heavy atom. The second kappa shape index (κ2) is 5.21. The molecule has 0 spiro atoms. The maximum absolute atomic E-state index is 11.9. The van der Waals surface area contributed by atoms with E-state index in [2.05, 4.69) is 0 Å². The molecule has 96 valence electrons. The van der Waals surface area contributed by atoms with Crippen LogP contribution in [0.1, 0.15) is 40.0 Å². The summed E-state index contributed by atoms with van der Waals surface area (Å²) in [7, 11) is 0. The van der Waals surface area contributed by atoms with Crippen molar-refractivity contribution in [3.05, 3.63) is 11.8 Å². The zero-order valence-electron chi connectivity index (χ0n) is 10.5. The van der Waals surface area contributed by atoms with E-state index in [0.717, 1.165) is 24.0 Å². The number of carbonyl (C=O) groups is 2. The van der Waals surface area contributed by atoms with Crippen molar-refractivity contribution in [2.75, 3.05) is 6.54 Å². The fourth-order valence-corrected chi connectivity index (χ4v) is 1.58. The lowest BCUT2D eigenvalue weighted by Gasteiger charge is -2.25. The summed E-state index contributed by atoms with van der Waals surface area (Å²) in [5, 5.41) is 8.96. The van der Waals surface area contributed by atoms with Gasteiger partial charge in [-0.15, -0.1) is 0 Å². The Bertz CT molecular complexity index is 341. The van der Waals surface area contributed by atoms with Gasteiger partial charge in [-0.25, -0.2) is 9.69 Å². The maximum Gasteiger partial charge on any atom is 0.417 e. The molecule has 1 aliphatic rings. The number of hydrogen-bond donors (Lipinski definition) is 1. The molecule has 1 saturated heterocycles. The van der Waals surface area contributed by atoms with Gasteiger partial charge in [-0.05, 0) is 40.0 Å². The van der Waals surface area contributed by atoms with E-state index in [9.17, 15) is 9.59 Å². The van der Waals surface area contributed by atoms with Crippen LogP contribution in [0.15, 0.2) is 11.8 Å². The number of amides is 2. The zero-order chi connectivity index (χ0) is 13.1. The van der Waals surface area contributed by atoms with Crippen LogP contribution in [-0.2, 0) is 9.53 Å². The normalized spacial score (nSPS) is 20.3. The molecule has 1 rings (SSSR count). The molecule has 0 radical (unpaired) electrons. The summed E-state index contributed by atoms with van der Waals surface area (Å²) in [5.74, 6) is -0.459. The van der Waals surface area contributed by atoms with Crippen molar-refractivity contribution in [2.24, 2.45) is 0 Å². The van der Waals surface area contributed by atoms with Crippen molar-refractivity contribution in [3.8, 4) is 0 Å². The highest BCUT2D eigenvalue weighted by Gasteiger charge is 2.30. The Morgan fingerprint density at radius 1 is 1.41 bits per heavy atom. The van der Waals surface area contributed by atoms with Crippen LogP contribution in [0.2, 0.25) is 0 Å². The van der Waals surface area contributed by atoms with Crippen molar-refractivity contribution < 1.29 is 19.4 Å². The molecule has 0 atom stereocenters. The van der Waals surface area contributed by atoms with Gasteiger partial charge in [0.2, 0.25) is 0 Å². The Balaban J connectivity index is 2.81. The van der Waals surface area contributed by atoms with Crippen LogP contribution in [0.5, 0.6) is 0 Å². The number of ether oxygens (including phenoxy) is 1.